The van der Waals surface area contributed by atoms with Gasteiger partial charge in [-0.1, -0.05) is 6.07 Å². The number of aromatic nitrogens is 1. The van der Waals surface area contributed by atoms with E-state index in [4.69, 9.17) is 11.5 Å². The molecule has 0 saturated heterocycles. The number of nitrogens with zero attached hydrogens (tertiary/aromatic N) is 2. The first kappa shape index (κ1) is 11.3. The summed E-state index contributed by atoms with van der Waals surface area (Å²) in [5.74, 6) is -1.29. The summed E-state index contributed by atoms with van der Waals surface area (Å²) in [6.45, 7) is 1.55. The number of nitrogens with two attached hydrogens (primary N) is 2. The fourth-order valence-electron chi connectivity index (χ4n) is 1.88. The Hall–Kier alpha value is -2.24. The molecule has 2 rings (SSSR count). The van der Waals surface area contributed by atoms with Crippen LogP contribution in [0.25, 0.3) is 0 Å². The van der Waals surface area contributed by atoms with Crippen molar-refractivity contribution in [2.45, 2.75) is 18.9 Å². The fourth-order valence-corrected chi connectivity index (χ4v) is 1.88. The fraction of sp³-hybridized carbons (Fsp3) is 0.273. The molecule has 1 aromatic rings. The van der Waals surface area contributed by atoms with Crippen molar-refractivity contribution in [3.63, 3.8) is 0 Å². The van der Waals surface area contributed by atoms with Crippen LogP contribution in [0.2, 0.25) is 0 Å². The minimum Gasteiger partial charge on any atom is -0.367 e. The van der Waals surface area contributed by atoms with Gasteiger partial charge in [0.1, 0.15) is 5.71 Å². The lowest BCUT2D eigenvalue weighted by molar-refractivity contribution is -0.122. The number of carbonyl (C=O) groups is 2. The molecule has 0 aromatic carbocycles. The Morgan fingerprint density at radius 2 is 2.12 bits per heavy atom. The molecule has 0 fully saturated rings. The minimum absolute atomic E-state index is 0.123. The molecule has 1 unspecified atom stereocenters. The second kappa shape index (κ2) is 3.65. The first-order chi connectivity index (χ1) is 7.95. The molecular weight excluding hydrogens is 220 g/mol. The van der Waals surface area contributed by atoms with E-state index in [1.165, 1.54) is 0 Å². The van der Waals surface area contributed by atoms with Gasteiger partial charge in [-0.15, -0.1) is 0 Å². The highest BCUT2D eigenvalue weighted by molar-refractivity contribution is 6.39. The predicted molar refractivity (Wildman–Crippen MR) is 61.1 cm³/mol. The molecule has 0 bridgehead atoms. The lowest BCUT2D eigenvalue weighted by atomic mass is 9.86. The average molecular weight is 232 g/mol. The summed E-state index contributed by atoms with van der Waals surface area (Å²) in [7, 11) is 0. The SMILES string of the molecule is CC1(C(N)=O)N=C(C(N)=O)Cc2ncccc21. The molecule has 88 valence electrons. The van der Waals surface area contributed by atoms with E-state index in [9.17, 15) is 9.59 Å². The second-order valence-electron chi connectivity index (χ2n) is 4.03. The van der Waals surface area contributed by atoms with Crippen LogP contribution in [0, 0.1) is 0 Å². The van der Waals surface area contributed by atoms with E-state index in [2.05, 4.69) is 9.98 Å². The first-order valence-corrected chi connectivity index (χ1v) is 5.08. The van der Waals surface area contributed by atoms with Crippen LogP contribution < -0.4 is 11.5 Å². The van der Waals surface area contributed by atoms with E-state index in [0.29, 0.717) is 11.3 Å². The van der Waals surface area contributed by atoms with Gasteiger partial charge < -0.3 is 11.5 Å². The normalized spacial score (nSPS) is 22.5. The van der Waals surface area contributed by atoms with Crippen molar-refractivity contribution in [3.05, 3.63) is 29.6 Å². The van der Waals surface area contributed by atoms with E-state index in [-0.39, 0.29) is 12.1 Å². The van der Waals surface area contributed by atoms with Crippen molar-refractivity contribution in [2.24, 2.45) is 16.5 Å². The van der Waals surface area contributed by atoms with Crippen LogP contribution in [0.4, 0.5) is 0 Å². The van der Waals surface area contributed by atoms with Crippen molar-refractivity contribution < 1.29 is 9.59 Å². The Morgan fingerprint density at radius 1 is 1.41 bits per heavy atom. The molecule has 0 spiro atoms. The number of carbonyl (C=O) groups excluding carboxylic acids is 2. The van der Waals surface area contributed by atoms with Crippen LogP contribution in [-0.2, 0) is 21.5 Å². The molecule has 1 aliphatic heterocycles. The molecule has 2 amide bonds. The zero-order chi connectivity index (χ0) is 12.6. The summed E-state index contributed by atoms with van der Waals surface area (Å²) >= 11 is 0. The standard InChI is InChI=1S/C11H12N4O2/c1-11(10(13)17)6-3-2-4-14-7(6)5-8(15-11)9(12)16/h2-4H,5H2,1H3,(H2,12,16)(H2,13,17). The average Bonchev–Trinajstić information content (AvgIpc) is 2.28. The lowest BCUT2D eigenvalue weighted by Crippen LogP contribution is -2.43. The van der Waals surface area contributed by atoms with Gasteiger partial charge in [0.05, 0.1) is 5.69 Å². The number of fused-ring (bicyclic) bond motifs is 1. The number of pyridine rings is 1. The topological polar surface area (TPSA) is 111 Å². The Balaban J connectivity index is 2.65. The molecule has 1 atom stereocenters. The molecule has 1 aromatic heterocycles. The molecular formula is C11H12N4O2. The molecule has 1 aliphatic rings. The Morgan fingerprint density at radius 3 is 2.71 bits per heavy atom. The van der Waals surface area contributed by atoms with Crippen molar-refractivity contribution >= 4 is 17.5 Å². The van der Waals surface area contributed by atoms with Gasteiger partial charge >= 0.3 is 0 Å². The quantitative estimate of drug-likeness (QED) is 0.700. The molecule has 6 nitrogen and oxygen atoms in total. The third-order valence-corrected chi connectivity index (χ3v) is 2.87. The van der Waals surface area contributed by atoms with E-state index in [0.717, 1.165) is 0 Å². The molecule has 0 radical (unpaired) electrons. The van der Waals surface area contributed by atoms with Gasteiger partial charge in [-0.3, -0.25) is 19.6 Å². The van der Waals surface area contributed by atoms with Crippen molar-refractivity contribution in [1.82, 2.24) is 4.98 Å². The zero-order valence-corrected chi connectivity index (χ0v) is 9.30. The van der Waals surface area contributed by atoms with E-state index in [1.807, 2.05) is 0 Å². The number of aliphatic imine (C=N–C) groups is 1. The molecule has 17 heavy (non-hydrogen) atoms. The molecule has 2 heterocycles. The molecule has 6 heteroatoms. The van der Waals surface area contributed by atoms with Gasteiger partial charge in [0.2, 0.25) is 5.91 Å². The summed E-state index contributed by atoms with van der Waals surface area (Å²) in [6.07, 6.45) is 1.82. The van der Waals surface area contributed by atoms with Crippen LogP contribution in [0.15, 0.2) is 23.3 Å². The minimum atomic E-state index is -1.27. The first-order valence-electron chi connectivity index (χ1n) is 5.08. The molecule has 4 N–H and O–H groups in total. The highest BCUT2D eigenvalue weighted by Crippen LogP contribution is 2.31. The van der Waals surface area contributed by atoms with E-state index in [1.54, 1.807) is 25.3 Å². The van der Waals surface area contributed by atoms with Gasteiger partial charge in [0, 0.05) is 18.2 Å². The summed E-state index contributed by atoms with van der Waals surface area (Å²) in [5.41, 5.74) is 10.6. The maximum atomic E-state index is 11.5. The molecule has 0 aliphatic carbocycles. The smallest absolute Gasteiger partial charge is 0.263 e. The zero-order valence-electron chi connectivity index (χ0n) is 9.30. The van der Waals surface area contributed by atoms with Gasteiger partial charge in [-0.05, 0) is 13.0 Å². The lowest BCUT2D eigenvalue weighted by Gasteiger charge is -2.28. The van der Waals surface area contributed by atoms with Crippen LogP contribution in [0.5, 0.6) is 0 Å². The molecule has 0 saturated carbocycles. The van der Waals surface area contributed by atoms with Gasteiger partial charge in [-0.2, -0.15) is 0 Å². The Kier molecular flexibility index (Phi) is 2.42. The van der Waals surface area contributed by atoms with Crippen LogP contribution in [0.1, 0.15) is 18.2 Å². The monoisotopic (exact) mass is 232 g/mol. The van der Waals surface area contributed by atoms with E-state index >= 15 is 0 Å². The number of rotatable bonds is 2. The number of amides is 2. The van der Waals surface area contributed by atoms with Crippen molar-refractivity contribution in [1.29, 1.82) is 0 Å². The third kappa shape index (κ3) is 1.67. The summed E-state index contributed by atoms with van der Waals surface area (Å²) < 4.78 is 0. The van der Waals surface area contributed by atoms with Crippen LogP contribution in [0.3, 0.4) is 0 Å². The number of primary amides is 2. The largest absolute Gasteiger partial charge is 0.367 e. The summed E-state index contributed by atoms with van der Waals surface area (Å²) in [5, 5.41) is 0. The van der Waals surface area contributed by atoms with Crippen LogP contribution >= 0.6 is 0 Å². The van der Waals surface area contributed by atoms with E-state index < -0.39 is 17.4 Å². The summed E-state index contributed by atoms with van der Waals surface area (Å²) in [4.78, 5) is 30.9. The Labute approximate surface area is 97.7 Å². The predicted octanol–water partition coefficient (Wildman–Crippen LogP) is -0.735. The van der Waals surface area contributed by atoms with Gasteiger partial charge in [0.15, 0.2) is 5.54 Å². The maximum Gasteiger partial charge on any atom is 0.263 e. The van der Waals surface area contributed by atoms with Gasteiger partial charge in [0.25, 0.3) is 5.91 Å². The third-order valence-electron chi connectivity index (χ3n) is 2.87. The maximum absolute atomic E-state index is 11.5. The summed E-state index contributed by atoms with van der Waals surface area (Å²) in [6, 6.07) is 3.43. The number of hydrogen-bond acceptors (Lipinski definition) is 4. The highest BCUT2D eigenvalue weighted by atomic mass is 16.2. The number of hydrogen-bond donors (Lipinski definition) is 2. The van der Waals surface area contributed by atoms with Crippen molar-refractivity contribution in [2.75, 3.05) is 0 Å². The second-order valence-corrected chi connectivity index (χ2v) is 4.03. The Bertz CT molecular complexity index is 538. The van der Waals surface area contributed by atoms with Crippen molar-refractivity contribution in [3.8, 4) is 0 Å². The highest BCUT2D eigenvalue weighted by Gasteiger charge is 2.39. The van der Waals surface area contributed by atoms with Crippen LogP contribution in [-0.4, -0.2) is 22.5 Å². The van der Waals surface area contributed by atoms with Gasteiger partial charge in [-0.25, -0.2) is 0 Å².